The summed E-state index contributed by atoms with van der Waals surface area (Å²) in [5.74, 6) is 1.38. The molecule has 1 aromatic carbocycles. The Kier molecular flexibility index (Phi) is 5.42. The van der Waals surface area contributed by atoms with Crippen molar-refractivity contribution in [3.63, 3.8) is 0 Å². The topological polar surface area (TPSA) is 58.2 Å². The Morgan fingerprint density at radius 3 is 2.90 bits per heavy atom. The van der Waals surface area contributed by atoms with Crippen LogP contribution in [-0.4, -0.2) is 32.5 Å². The van der Waals surface area contributed by atoms with Gasteiger partial charge in [-0.05, 0) is 36.9 Å². The van der Waals surface area contributed by atoms with Crippen LogP contribution in [-0.2, 0) is 16.6 Å². The molecular weight excluding hydrogens is 299 g/mol. The van der Waals surface area contributed by atoms with Gasteiger partial charge in [0.15, 0.2) is 0 Å². The molecule has 0 radical (unpaired) electrons. The van der Waals surface area contributed by atoms with Crippen molar-refractivity contribution in [2.24, 2.45) is 0 Å². The smallest absolute Gasteiger partial charge is 0.240 e. The highest BCUT2D eigenvalue weighted by atomic mass is 32.2. The summed E-state index contributed by atoms with van der Waals surface area (Å²) in [4.78, 5) is 0.128. The molecule has 0 aromatic heterocycles. The number of rotatable bonds is 6. The van der Waals surface area contributed by atoms with Gasteiger partial charge >= 0.3 is 0 Å². The first kappa shape index (κ1) is 15.8. The minimum absolute atomic E-state index is 0.0210. The van der Waals surface area contributed by atoms with Gasteiger partial charge in [0, 0.05) is 23.9 Å². The standard InChI is InChI=1S/C13H19FN2O2S2/c1-2-15-8-10-7-12(3-4-13(10)14)20(17,18)16-11-5-6-19-9-11/h3-4,7,11,15-16H,2,5-6,8-9H2,1H3. The van der Waals surface area contributed by atoms with E-state index in [0.717, 1.165) is 17.9 Å². The summed E-state index contributed by atoms with van der Waals surface area (Å²) in [5.41, 5.74) is 0.371. The van der Waals surface area contributed by atoms with Gasteiger partial charge in [-0.3, -0.25) is 0 Å². The predicted molar refractivity (Wildman–Crippen MR) is 79.8 cm³/mol. The molecule has 20 heavy (non-hydrogen) atoms. The Morgan fingerprint density at radius 1 is 1.45 bits per heavy atom. The summed E-state index contributed by atoms with van der Waals surface area (Å²) in [7, 11) is -3.57. The van der Waals surface area contributed by atoms with E-state index in [0.29, 0.717) is 18.7 Å². The average Bonchev–Trinajstić information content (AvgIpc) is 2.89. The Labute approximate surface area is 123 Å². The lowest BCUT2D eigenvalue weighted by Gasteiger charge is -2.13. The average molecular weight is 318 g/mol. The van der Waals surface area contributed by atoms with Gasteiger partial charge in [-0.2, -0.15) is 11.8 Å². The maximum atomic E-state index is 13.6. The molecule has 2 N–H and O–H groups in total. The lowest BCUT2D eigenvalue weighted by molar-refractivity contribution is 0.560. The Bertz CT molecular complexity index is 557. The van der Waals surface area contributed by atoms with E-state index in [-0.39, 0.29) is 16.8 Å². The van der Waals surface area contributed by atoms with E-state index in [4.69, 9.17) is 0 Å². The molecule has 7 heteroatoms. The summed E-state index contributed by atoms with van der Waals surface area (Å²) in [6.45, 7) is 2.94. The van der Waals surface area contributed by atoms with Crippen molar-refractivity contribution in [1.82, 2.24) is 10.0 Å². The van der Waals surface area contributed by atoms with E-state index in [9.17, 15) is 12.8 Å². The number of halogens is 1. The molecular formula is C13H19FN2O2S2. The molecule has 112 valence electrons. The molecule has 0 spiro atoms. The van der Waals surface area contributed by atoms with Crippen molar-refractivity contribution in [2.75, 3.05) is 18.1 Å². The van der Waals surface area contributed by atoms with Crippen molar-refractivity contribution >= 4 is 21.8 Å². The van der Waals surface area contributed by atoms with Crippen LogP contribution in [0.2, 0.25) is 0 Å². The summed E-state index contributed by atoms with van der Waals surface area (Å²) in [5, 5.41) is 3.00. The monoisotopic (exact) mass is 318 g/mol. The van der Waals surface area contributed by atoms with Crippen LogP contribution in [0.5, 0.6) is 0 Å². The Hall–Kier alpha value is -0.630. The summed E-state index contributed by atoms with van der Waals surface area (Å²) < 4.78 is 40.8. The molecule has 0 saturated carbocycles. The van der Waals surface area contributed by atoms with E-state index < -0.39 is 10.0 Å². The molecule has 1 aliphatic heterocycles. The predicted octanol–water partition coefficient (Wildman–Crippen LogP) is 1.72. The fourth-order valence-corrected chi connectivity index (χ4v) is 4.61. The van der Waals surface area contributed by atoms with Crippen molar-refractivity contribution in [1.29, 1.82) is 0 Å². The zero-order chi connectivity index (χ0) is 14.6. The highest BCUT2D eigenvalue weighted by molar-refractivity contribution is 7.99. The molecule has 1 fully saturated rings. The van der Waals surface area contributed by atoms with E-state index in [1.807, 2.05) is 6.92 Å². The summed E-state index contributed by atoms with van der Waals surface area (Å²) in [6, 6.07) is 3.91. The second kappa shape index (κ2) is 6.89. The van der Waals surface area contributed by atoms with Crippen LogP contribution in [0.1, 0.15) is 18.9 Å². The van der Waals surface area contributed by atoms with Crippen molar-refractivity contribution < 1.29 is 12.8 Å². The van der Waals surface area contributed by atoms with Gasteiger partial charge in [0.05, 0.1) is 4.90 Å². The minimum Gasteiger partial charge on any atom is -0.313 e. The molecule has 0 amide bonds. The van der Waals surface area contributed by atoms with Crippen LogP contribution >= 0.6 is 11.8 Å². The zero-order valence-corrected chi connectivity index (χ0v) is 13.0. The highest BCUT2D eigenvalue weighted by Crippen LogP contribution is 2.20. The van der Waals surface area contributed by atoms with Gasteiger partial charge < -0.3 is 5.32 Å². The van der Waals surface area contributed by atoms with Gasteiger partial charge in [0.2, 0.25) is 10.0 Å². The number of nitrogens with one attached hydrogen (secondary N) is 2. The van der Waals surface area contributed by atoms with Gasteiger partial charge in [-0.25, -0.2) is 17.5 Å². The quantitative estimate of drug-likeness (QED) is 0.838. The third-order valence-corrected chi connectivity index (χ3v) is 5.83. The third-order valence-electron chi connectivity index (χ3n) is 3.14. The first-order chi connectivity index (χ1) is 9.53. The highest BCUT2D eigenvalue weighted by Gasteiger charge is 2.23. The SMILES string of the molecule is CCNCc1cc(S(=O)(=O)NC2CCSC2)ccc1F. The normalized spacial score (nSPS) is 19.4. The van der Waals surface area contributed by atoms with Crippen molar-refractivity contribution in [2.45, 2.75) is 30.8 Å². The Balaban J connectivity index is 2.17. The van der Waals surface area contributed by atoms with Crippen LogP contribution in [0.15, 0.2) is 23.1 Å². The fourth-order valence-electron chi connectivity index (χ4n) is 2.03. The molecule has 1 atom stereocenters. The molecule has 0 bridgehead atoms. The summed E-state index contributed by atoms with van der Waals surface area (Å²) >= 11 is 1.74. The van der Waals surface area contributed by atoms with Crippen LogP contribution in [0.3, 0.4) is 0 Å². The van der Waals surface area contributed by atoms with Crippen LogP contribution in [0.25, 0.3) is 0 Å². The minimum atomic E-state index is -3.57. The van der Waals surface area contributed by atoms with Crippen molar-refractivity contribution in [3.8, 4) is 0 Å². The maximum absolute atomic E-state index is 13.6. The first-order valence-electron chi connectivity index (χ1n) is 6.62. The molecule has 1 aliphatic rings. The zero-order valence-electron chi connectivity index (χ0n) is 11.4. The van der Waals surface area contributed by atoms with Gasteiger partial charge in [-0.15, -0.1) is 0 Å². The molecule has 1 aromatic rings. The van der Waals surface area contributed by atoms with E-state index >= 15 is 0 Å². The maximum Gasteiger partial charge on any atom is 0.240 e. The van der Waals surface area contributed by atoms with E-state index in [1.165, 1.54) is 18.2 Å². The van der Waals surface area contributed by atoms with Crippen LogP contribution in [0, 0.1) is 5.82 Å². The molecule has 4 nitrogen and oxygen atoms in total. The van der Waals surface area contributed by atoms with Crippen LogP contribution in [0.4, 0.5) is 4.39 Å². The van der Waals surface area contributed by atoms with Gasteiger partial charge in [-0.1, -0.05) is 6.92 Å². The molecule has 0 aliphatic carbocycles. The number of thioether (sulfide) groups is 1. The molecule has 1 unspecified atom stereocenters. The fraction of sp³-hybridized carbons (Fsp3) is 0.538. The molecule has 1 saturated heterocycles. The number of sulfonamides is 1. The number of benzene rings is 1. The Morgan fingerprint density at radius 2 is 2.25 bits per heavy atom. The van der Waals surface area contributed by atoms with Crippen molar-refractivity contribution in [3.05, 3.63) is 29.6 Å². The largest absolute Gasteiger partial charge is 0.313 e. The van der Waals surface area contributed by atoms with Gasteiger partial charge in [0.25, 0.3) is 0 Å². The lowest BCUT2D eigenvalue weighted by atomic mass is 10.2. The molecule has 1 heterocycles. The lowest BCUT2D eigenvalue weighted by Crippen LogP contribution is -2.34. The second-order valence-electron chi connectivity index (χ2n) is 4.72. The van der Waals surface area contributed by atoms with E-state index in [1.54, 1.807) is 11.8 Å². The first-order valence-corrected chi connectivity index (χ1v) is 9.26. The number of hydrogen-bond donors (Lipinski definition) is 2. The summed E-state index contributed by atoms with van der Waals surface area (Å²) in [6.07, 6.45) is 0.843. The third kappa shape index (κ3) is 3.94. The second-order valence-corrected chi connectivity index (χ2v) is 7.58. The van der Waals surface area contributed by atoms with Gasteiger partial charge in [0.1, 0.15) is 5.82 Å². The van der Waals surface area contributed by atoms with E-state index in [2.05, 4.69) is 10.0 Å². The number of hydrogen-bond acceptors (Lipinski definition) is 4. The molecule has 2 rings (SSSR count). The van der Waals surface area contributed by atoms with Crippen LogP contribution < -0.4 is 10.0 Å².